The highest BCUT2D eigenvalue weighted by molar-refractivity contribution is 7.22. The molecule has 2 heterocycles. The summed E-state index contributed by atoms with van der Waals surface area (Å²) in [4.78, 5) is 16.4. The standard InChI is InChI=1S/C27H22ClF2NO3S/c28-22-11-18(3-8-23(22)30)27-25(21-7-4-19(32)12-24(21)35-27)26(33)17-1-5-20(6-2-17)34-10-9-31-14-16(13-29)15-31/h1-8,11-12,16,32H,9-10,13-15H2. The minimum absolute atomic E-state index is 0.0267. The second kappa shape index (κ2) is 9.93. The smallest absolute Gasteiger partial charge is 0.195 e. The number of nitrogens with zero attached hydrogens (tertiary/aromatic N) is 1. The monoisotopic (exact) mass is 513 g/mol. The Hall–Kier alpha value is -3.00. The zero-order chi connectivity index (χ0) is 24.5. The lowest BCUT2D eigenvalue weighted by Crippen LogP contribution is -2.49. The molecule has 0 amide bonds. The fraction of sp³-hybridized carbons (Fsp3) is 0.222. The van der Waals surface area contributed by atoms with Gasteiger partial charge in [0.25, 0.3) is 0 Å². The van der Waals surface area contributed by atoms with E-state index in [0.717, 1.165) is 24.3 Å². The van der Waals surface area contributed by atoms with Crippen LogP contribution in [0.3, 0.4) is 0 Å². The van der Waals surface area contributed by atoms with E-state index in [1.807, 2.05) is 0 Å². The number of likely N-dealkylation sites (tertiary alicyclic amines) is 1. The van der Waals surface area contributed by atoms with Crippen LogP contribution in [0.4, 0.5) is 8.78 Å². The molecule has 1 fully saturated rings. The molecule has 1 aliphatic heterocycles. The molecule has 0 spiro atoms. The number of rotatable bonds is 8. The molecule has 0 atom stereocenters. The van der Waals surface area contributed by atoms with Crippen LogP contribution < -0.4 is 4.74 Å². The van der Waals surface area contributed by atoms with Crippen molar-refractivity contribution in [3.63, 3.8) is 0 Å². The Morgan fingerprint density at radius 3 is 2.60 bits per heavy atom. The fourth-order valence-corrected chi connectivity index (χ4v) is 5.66. The number of fused-ring (bicyclic) bond motifs is 1. The summed E-state index contributed by atoms with van der Waals surface area (Å²) in [6, 6.07) is 16.2. The summed E-state index contributed by atoms with van der Waals surface area (Å²) in [6.45, 7) is 2.47. The second-order valence-electron chi connectivity index (χ2n) is 8.60. The maximum Gasteiger partial charge on any atom is 0.195 e. The van der Waals surface area contributed by atoms with Crippen LogP contribution in [0.5, 0.6) is 11.5 Å². The van der Waals surface area contributed by atoms with Crippen LogP contribution >= 0.6 is 22.9 Å². The number of phenolic OH excluding ortho intramolecular Hbond substituents is 1. The maximum absolute atomic E-state index is 13.8. The second-order valence-corrected chi connectivity index (χ2v) is 10.1. The zero-order valence-corrected chi connectivity index (χ0v) is 20.2. The molecular weight excluding hydrogens is 492 g/mol. The summed E-state index contributed by atoms with van der Waals surface area (Å²) in [5, 5.41) is 10.6. The highest BCUT2D eigenvalue weighted by Crippen LogP contribution is 2.42. The fourth-order valence-electron chi connectivity index (χ4n) is 4.25. The molecule has 1 N–H and O–H groups in total. The summed E-state index contributed by atoms with van der Waals surface area (Å²) < 4.78 is 32.8. The molecule has 35 heavy (non-hydrogen) atoms. The largest absolute Gasteiger partial charge is 0.508 e. The van der Waals surface area contributed by atoms with Crippen LogP contribution in [0, 0.1) is 11.7 Å². The molecule has 8 heteroatoms. The van der Waals surface area contributed by atoms with Crippen molar-refractivity contribution in [1.82, 2.24) is 4.90 Å². The Kier molecular flexibility index (Phi) is 6.73. The van der Waals surface area contributed by atoms with Crippen molar-refractivity contribution in [2.45, 2.75) is 0 Å². The van der Waals surface area contributed by atoms with Crippen molar-refractivity contribution < 1.29 is 23.4 Å². The SMILES string of the molecule is O=C(c1ccc(OCCN2CC(CF)C2)cc1)c1c(-c2ccc(F)c(Cl)c2)sc2cc(O)ccc12. The summed E-state index contributed by atoms with van der Waals surface area (Å²) in [5.41, 5.74) is 1.58. The summed E-state index contributed by atoms with van der Waals surface area (Å²) in [6.07, 6.45) is 0. The van der Waals surface area contributed by atoms with Crippen LogP contribution in [0.15, 0.2) is 60.7 Å². The molecule has 1 aromatic heterocycles. The number of benzene rings is 3. The predicted molar refractivity (Wildman–Crippen MR) is 135 cm³/mol. The number of phenols is 1. The Bertz CT molecular complexity index is 1380. The van der Waals surface area contributed by atoms with E-state index in [4.69, 9.17) is 16.3 Å². The van der Waals surface area contributed by atoms with Gasteiger partial charge in [-0.25, -0.2) is 4.39 Å². The summed E-state index contributed by atoms with van der Waals surface area (Å²) in [5.74, 6) is 0.167. The van der Waals surface area contributed by atoms with Crippen molar-refractivity contribution in [1.29, 1.82) is 0 Å². The van der Waals surface area contributed by atoms with Crippen molar-refractivity contribution in [2.24, 2.45) is 5.92 Å². The van der Waals surface area contributed by atoms with Gasteiger partial charge in [-0.05, 0) is 60.2 Å². The van der Waals surface area contributed by atoms with E-state index in [9.17, 15) is 18.7 Å². The van der Waals surface area contributed by atoms with E-state index in [-0.39, 0.29) is 29.1 Å². The molecule has 1 aliphatic rings. The van der Waals surface area contributed by atoms with Gasteiger partial charge in [0, 0.05) is 51.6 Å². The quantitative estimate of drug-likeness (QED) is 0.270. The van der Waals surface area contributed by atoms with Gasteiger partial charge in [-0.15, -0.1) is 11.3 Å². The first kappa shape index (κ1) is 23.7. The number of carbonyl (C=O) groups is 1. The van der Waals surface area contributed by atoms with Crippen LogP contribution in [-0.2, 0) is 0 Å². The molecule has 3 aromatic carbocycles. The molecular formula is C27H22ClF2NO3S. The topological polar surface area (TPSA) is 49.8 Å². The summed E-state index contributed by atoms with van der Waals surface area (Å²) >= 11 is 7.35. The van der Waals surface area contributed by atoms with Crippen LogP contribution in [-0.4, -0.2) is 48.7 Å². The number of ketones is 1. The van der Waals surface area contributed by atoms with Gasteiger partial charge in [0.15, 0.2) is 5.78 Å². The third kappa shape index (κ3) is 4.89. The third-order valence-corrected chi connectivity index (χ3v) is 7.62. The number of alkyl halides is 1. The first-order valence-electron chi connectivity index (χ1n) is 11.2. The lowest BCUT2D eigenvalue weighted by atomic mass is 9.97. The Balaban J connectivity index is 1.39. The Morgan fingerprint density at radius 1 is 1.11 bits per heavy atom. The number of hydrogen-bond donors (Lipinski definition) is 1. The molecule has 4 nitrogen and oxygen atoms in total. The van der Waals surface area contributed by atoms with Crippen molar-refractivity contribution in [3.05, 3.63) is 82.6 Å². The first-order chi connectivity index (χ1) is 16.9. The number of halogens is 3. The number of carbonyl (C=O) groups excluding carboxylic acids is 1. The molecule has 0 bridgehead atoms. The van der Waals surface area contributed by atoms with Gasteiger partial charge in [0.2, 0.25) is 0 Å². The third-order valence-electron chi connectivity index (χ3n) is 6.13. The van der Waals surface area contributed by atoms with E-state index in [0.29, 0.717) is 39.3 Å². The molecule has 5 rings (SSSR count). The normalized spacial score (nSPS) is 14.3. The number of aromatic hydroxyl groups is 1. The van der Waals surface area contributed by atoms with Crippen LogP contribution in [0.1, 0.15) is 15.9 Å². The molecule has 0 aliphatic carbocycles. The van der Waals surface area contributed by atoms with Gasteiger partial charge in [0.05, 0.1) is 11.7 Å². The van der Waals surface area contributed by atoms with Crippen LogP contribution in [0.25, 0.3) is 20.5 Å². The number of hydrogen-bond acceptors (Lipinski definition) is 5. The van der Waals surface area contributed by atoms with E-state index in [2.05, 4.69) is 4.90 Å². The summed E-state index contributed by atoms with van der Waals surface area (Å²) in [7, 11) is 0. The number of ether oxygens (including phenoxy) is 1. The van der Waals surface area contributed by atoms with Gasteiger partial charge in [-0.1, -0.05) is 17.7 Å². The minimum Gasteiger partial charge on any atom is -0.508 e. The highest BCUT2D eigenvalue weighted by atomic mass is 35.5. The van der Waals surface area contributed by atoms with Gasteiger partial charge in [-0.3, -0.25) is 14.1 Å². The van der Waals surface area contributed by atoms with Crippen LogP contribution in [0.2, 0.25) is 5.02 Å². The Morgan fingerprint density at radius 2 is 1.89 bits per heavy atom. The van der Waals surface area contributed by atoms with Crippen molar-refractivity contribution in [3.8, 4) is 21.9 Å². The molecule has 0 unspecified atom stereocenters. The average Bonchev–Trinajstić information content (AvgIpc) is 3.20. The predicted octanol–water partition coefficient (Wildman–Crippen LogP) is 6.58. The van der Waals surface area contributed by atoms with Gasteiger partial charge >= 0.3 is 0 Å². The molecule has 180 valence electrons. The Labute approximate surface area is 210 Å². The highest BCUT2D eigenvalue weighted by Gasteiger charge is 2.26. The molecule has 0 saturated carbocycles. The molecule has 0 radical (unpaired) electrons. The number of thiophene rings is 1. The van der Waals surface area contributed by atoms with E-state index in [1.54, 1.807) is 42.5 Å². The lowest BCUT2D eigenvalue weighted by molar-refractivity contribution is 0.0668. The maximum atomic E-state index is 13.8. The van der Waals surface area contributed by atoms with E-state index >= 15 is 0 Å². The first-order valence-corrected chi connectivity index (χ1v) is 12.4. The van der Waals surface area contributed by atoms with Crippen molar-refractivity contribution in [2.75, 3.05) is 32.9 Å². The molecule has 1 saturated heterocycles. The van der Waals surface area contributed by atoms with Crippen molar-refractivity contribution >= 4 is 38.8 Å². The van der Waals surface area contributed by atoms with Gasteiger partial charge in [0.1, 0.15) is 23.9 Å². The van der Waals surface area contributed by atoms with E-state index in [1.165, 1.54) is 29.5 Å². The zero-order valence-electron chi connectivity index (χ0n) is 18.6. The van der Waals surface area contributed by atoms with Gasteiger partial charge < -0.3 is 9.84 Å². The average molecular weight is 514 g/mol. The molecule has 4 aromatic rings. The van der Waals surface area contributed by atoms with E-state index < -0.39 is 5.82 Å². The minimum atomic E-state index is -0.533. The lowest BCUT2D eigenvalue weighted by Gasteiger charge is -2.37. The van der Waals surface area contributed by atoms with Gasteiger partial charge in [-0.2, -0.15) is 0 Å².